The first-order valence-electron chi connectivity index (χ1n) is 9.53. The van der Waals surface area contributed by atoms with E-state index >= 15 is 0 Å². The van der Waals surface area contributed by atoms with Gasteiger partial charge >= 0.3 is 0 Å². The van der Waals surface area contributed by atoms with E-state index < -0.39 is 21.3 Å². The van der Waals surface area contributed by atoms with Crippen molar-refractivity contribution in [2.45, 2.75) is 24.2 Å². The highest BCUT2D eigenvalue weighted by atomic mass is 35.5. The van der Waals surface area contributed by atoms with E-state index in [9.17, 15) is 17.6 Å². The first-order chi connectivity index (χ1) is 14.1. The van der Waals surface area contributed by atoms with Gasteiger partial charge in [0, 0.05) is 25.0 Å². The van der Waals surface area contributed by atoms with Crippen LogP contribution in [0.3, 0.4) is 0 Å². The molecule has 1 aliphatic heterocycles. The second-order valence-electron chi connectivity index (χ2n) is 7.70. The largest absolute Gasteiger partial charge is 0.379 e. The van der Waals surface area contributed by atoms with Crippen molar-refractivity contribution in [3.05, 3.63) is 64.4 Å². The molecule has 30 heavy (non-hydrogen) atoms. The van der Waals surface area contributed by atoms with Crippen molar-refractivity contribution < 1.29 is 22.3 Å². The molecule has 0 aliphatic carbocycles. The van der Waals surface area contributed by atoms with Gasteiger partial charge in [-0.05, 0) is 29.8 Å². The fourth-order valence-electron chi connectivity index (χ4n) is 3.28. The van der Waals surface area contributed by atoms with E-state index in [2.05, 4.69) is 5.32 Å². The number of halogens is 2. The van der Waals surface area contributed by atoms with Gasteiger partial charge in [0.2, 0.25) is 10.0 Å². The SMILES string of the molecule is CC(C)(CNC(=O)c1cc(S(=O)(=O)N2CCOCC2)ccc1Cl)c1ccccc1F. The Hall–Kier alpha value is -2.00. The third kappa shape index (κ3) is 4.83. The van der Waals surface area contributed by atoms with E-state index in [1.54, 1.807) is 18.2 Å². The van der Waals surface area contributed by atoms with Crippen molar-refractivity contribution in [1.82, 2.24) is 9.62 Å². The lowest BCUT2D eigenvalue weighted by Crippen LogP contribution is -2.40. The minimum Gasteiger partial charge on any atom is -0.379 e. The van der Waals surface area contributed by atoms with Crippen molar-refractivity contribution in [1.29, 1.82) is 0 Å². The number of carbonyl (C=O) groups excluding carboxylic acids is 1. The number of hydrogen-bond donors (Lipinski definition) is 1. The molecule has 0 spiro atoms. The summed E-state index contributed by atoms with van der Waals surface area (Å²) in [5, 5.41) is 2.88. The van der Waals surface area contributed by atoms with Crippen LogP contribution in [-0.2, 0) is 20.2 Å². The Labute approximate surface area is 181 Å². The molecule has 0 unspecified atom stereocenters. The van der Waals surface area contributed by atoms with Crippen LogP contribution >= 0.6 is 11.6 Å². The first kappa shape index (κ1) is 22.7. The number of rotatable bonds is 6. The molecule has 2 aromatic carbocycles. The fourth-order valence-corrected chi connectivity index (χ4v) is 4.91. The molecule has 1 aliphatic rings. The summed E-state index contributed by atoms with van der Waals surface area (Å²) < 4.78 is 46.4. The Morgan fingerprint density at radius 2 is 1.87 bits per heavy atom. The van der Waals surface area contributed by atoms with Crippen molar-refractivity contribution in [2.24, 2.45) is 0 Å². The molecule has 1 N–H and O–H groups in total. The van der Waals surface area contributed by atoms with Crippen LogP contribution in [0.1, 0.15) is 29.8 Å². The lowest BCUT2D eigenvalue weighted by molar-refractivity contribution is 0.0730. The Morgan fingerprint density at radius 1 is 1.20 bits per heavy atom. The summed E-state index contributed by atoms with van der Waals surface area (Å²) in [7, 11) is -3.76. The highest BCUT2D eigenvalue weighted by Crippen LogP contribution is 2.26. The molecule has 0 radical (unpaired) electrons. The highest BCUT2D eigenvalue weighted by Gasteiger charge is 2.29. The van der Waals surface area contributed by atoms with Crippen molar-refractivity contribution in [3.8, 4) is 0 Å². The smallest absolute Gasteiger partial charge is 0.252 e. The van der Waals surface area contributed by atoms with Crippen LogP contribution in [-0.4, -0.2) is 51.5 Å². The van der Waals surface area contributed by atoms with Crippen molar-refractivity contribution in [3.63, 3.8) is 0 Å². The molecule has 2 aromatic rings. The molecule has 0 bridgehead atoms. The molecule has 6 nitrogen and oxygen atoms in total. The van der Waals surface area contributed by atoms with Gasteiger partial charge < -0.3 is 10.1 Å². The number of amides is 1. The zero-order chi connectivity index (χ0) is 21.9. The van der Waals surface area contributed by atoms with Crippen LogP contribution in [0.15, 0.2) is 47.4 Å². The van der Waals surface area contributed by atoms with Crippen LogP contribution in [0.4, 0.5) is 4.39 Å². The highest BCUT2D eigenvalue weighted by molar-refractivity contribution is 7.89. The van der Waals surface area contributed by atoms with Crippen LogP contribution in [0.2, 0.25) is 5.02 Å². The van der Waals surface area contributed by atoms with E-state index in [4.69, 9.17) is 16.3 Å². The third-order valence-corrected chi connectivity index (χ3v) is 7.31. The molecule has 1 fully saturated rings. The molecular weight excluding hydrogens is 431 g/mol. The third-order valence-electron chi connectivity index (χ3n) is 5.08. The summed E-state index contributed by atoms with van der Waals surface area (Å²) in [6.45, 7) is 4.92. The van der Waals surface area contributed by atoms with Gasteiger partial charge in [-0.15, -0.1) is 0 Å². The molecule has 1 saturated heterocycles. The lowest BCUT2D eigenvalue weighted by Gasteiger charge is -2.27. The molecule has 0 saturated carbocycles. The topological polar surface area (TPSA) is 75.7 Å². The fraction of sp³-hybridized carbons (Fsp3) is 0.381. The number of nitrogens with one attached hydrogen (secondary N) is 1. The summed E-state index contributed by atoms with van der Waals surface area (Å²) in [4.78, 5) is 12.8. The van der Waals surface area contributed by atoms with E-state index in [-0.39, 0.29) is 40.9 Å². The van der Waals surface area contributed by atoms with E-state index in [0.29, 0.717) is 18.8 Å². The summed E-state index contributed by atoms with van der Waals surface area (Å²) in [6, 6.07) is 10.4. The van der Waals surface area contributed by atoms with Gasteiger partial charge in [0.25, 0.3) is 5.91 Å². The lowest BCUT2D eigenvalue weighted by atomic mass is 9.84. The molecule has 1 amide bonds. The molecule has 0 aromatic heterocycles. The Kier molecular flexibility index (Phi) is 6.81. The summed E-state index contributed by atoms with van der Waals surface area (Å²) in [5.74, 6) is -0.878. The maximum Gasteiger partial charge on any atom is 0.252 e. The van der Waals surface area contributed by atoms with Gasteiger partial charge in [0.15, 0.2) is 0 Å². The molecule has 3 rings (SSSR count). The number of morpholine rings is 1. The summed E-state index contributed by atoms with van der Waals surface area (Å²) in [5.41, 5.74) is -0.152. The number of benzene rings is 2. The zero-order valence-corrected chi connectivity index (χ0v) is 18.4. The second kappa shape index (κ2) is 9.01. The second-order valence-corrected chi connectivity index (χ2v) is 10.0. The zero-order valence-electron chi connectivity index (χ0n) is 16.8. The first-order valence-corrected chi connectivity index (χ1v) is 11.4. The van der Waals surface area contributed by atoms with Crippen LogP contribution < -0.4 is 5.32 Å². The van der Waals surface area contributed by atoms with Crippen LogP contribution in [0.5, 0.6) is 0 Å². The van der Waals surface area contributed by atoms with Crippen LogP contribution in [0.25, 0.3) is 0 Å². The Morgan fingerprint density at radius 3 is 2.53 bits per heavy atom. The Balaban J connectivity index is 1.79. The van der Waals surface area contributed by atoms with Crippen molar-refractivity contribution >= 4 is 27.5 Å². The standard InChI is InChI=1S/C21H24ClFN2O4S/c1-21(2,17-5-3-4-6-19(17)23)14-24-20(26)16-13-15(7-8-18(16)22)30(27,28)25-9-11-29-12-10-25/h3-8,13H,9-12,14H2,1-2H3,(H,24,26). The quantitative estimate of drug-likeness (QED) is 0.727. The van der Waals surface area contributed by atoms with Gasteiger partial charge in [-0.1, -0.05) is 43.6 Å². The summed E-state index contributed by atoms with van der Waals surface area (Å²) >= 11 is 6.17. The number of hydrogen-bond acceptors (Lipinski definition) is 4. The molecular formula is C21H24ClFN2O4S. The van der Waals surface area contributed by atoms with E-state index in [0.717, 1.165) is 0 Å². The minimum atomic E-state index is -3.76. The van der Waals surface area contributed by atoms with Gasteiger partial charge in [-0.25, -0.2) is 12.8 Å². The number of nitrogens with zero attached hydrogens (tertiary/aromatic N) is 1. The summed E-state index contributed by atoms with van der Waals surface area (Å²) in [6.07, 6.45) is 0. The van der Waals surface area contributed by atoms with E-state index in [1.807, 2.05) is 13.8 Å². The molecule has 1 heterocycles. The Bertz CT molecular complexity index is 1040. The van der Waals surface area contributed by atoms with Gasteiger partial charge in [0.1, 0.15) is 5.82 Å². The van der Waals surface area contributed by atoms with E-state index in [1.165, 1.54) is 28.6 Å². The molecule has 0 atom stereocenters. The van der Waals surface area contributed by atoms with Gasteiger partial charge in [-0.3, -0.25) is 4.79 Å². The minimum absolute atomic E-state index is 0.00712. The predicted octanol–water partition coefficient (Wildman–Crippen LogP) is 3.21. The molecule has 9 heteroatoms. The number of carbonyl (C=O) groups is 1. The maximum atomic E-state index is 14.1. The predicted molar refractivity (Wildman–Crippen MR) is 113 cm³/mol. The van der Waals surface area contributed by atoms with Crippen molar-refractivity contribution in [2.75, 3.05) is 32.8 Å². The number of ether oxygens (including phenoxy) is 1. The van der Waals surface area contributed by atoms with Crippen LogP contribution in [0, 0.1) is 5.82 Å². The monoisotopic (exact) mass is 454 g/mol. The number of sulfonamides is 1. The molecule has 162 valence electrons. The average Bonchev–Trinajstić information content (AvgIpc) is 2.73. The van der Waals surface area contributed by atoms with Gasteiger partial charge in [-0.2, -0.15) is 4.31 Å². The maximum absolute atomic E-state index is 14.1. The van der Waals surface area contributed by atoms with Gasteiger partial charge in [0.05, 0.1) is 28.7 Å². The normalized spacial score (nSPS) is 15.7. The average molecular weight is 455 g/mol.